The summed E-state index contributed by atoms with van der Waals surface area (Å²) in [6.07, 6.45) is 1.20. The molecule has 2 unspecified atom stereocenters. The van der Waals surface area contributed by atoms with E-state index in [4.69, 9.17) is 13.9 Å². The molecule has 0 N–H and O–H groups in total. The topological polar surface area (TPSA) is 51.9 Å². The second kappa shape index (κ2) is 6.90. The molecule has 2 rings (SSSR count). The Balaban J connectivity index is 1.74. The van der Waals surface area contributed by atoms with E-state index in [9.17, 15) is 4.79 Å². The lowest BCUT2D eigenvalue weighted by molar-refractivity contribution is -0.136. The van der Waals surface area contributed by atoms with Gasteiger partial charge in [0, 0.05) is 20.1 Å². The van der Waals surface area contributed by atoms with Crippen LogP contribution in [-0.4, -0.2) is 44.8 Å². The third kappa shape index (κ3) is 4.08. The van der Waals surface area contributed by atoms with E-state index in [0.29, 0.717) is 25.7 Å². The molecule has 112 valence electrons. The summed E-state index contributed by atoms with van der Waals surface area (Å²) >= 11 is 0. The van der Waals surface area contributed by atoms with Gasteiger partial charge in [0.2, 0.25) is 5.91 Å². The molecular formula is C15H23NO4. The van der Waals surface area contributed by atoms with Crippen LogP contribution in [0.1, 0.15) is 30.8 Å². The van der Waals surface area contributed by atoms with Crippen molar-refractivity contribution >= 4 is 5.91 Å². The van der Waals surface area contributed by atoms with Crippen LogP contribution in [-0.2, 0) is 20.8 Å². The number of methoxy groups -OCH3 is 1. The fourth-order valence-electron chi connectivity index (χ4n) is 2.13. The van der Waals surface area contributed by atoms with Gasteiger partial charge in [-0.15, -0.1) is 0 Å². The van der Waals surface area contributed by atoms with E-state index >= 15 is 0 Å². The molecule has 0 aromatic carbocycles. The van der Waals surface area contributed by atoms with Crippen molar-refractivity contribution in [3.05, 3.63) is 23.7 Å². The molecule has 1 amide bonds. The summed E-state index contributed by atoms with van der Waals surface area (Å²) in [5, 5.41) is 0. The molecule has 1 aliphatic rings. The Labute approximate surface area is 119 Å². The molecule has 1 fully saturated rings. The van der Waals surface area contributed by atoms with Crippen LogP contribution in [0, 0.1) is 5.92 Å². The molecule has 1 heterocycles. The van der Waals surface area contributed by atoms with Gasteiger partial charge in [-0.25, -0.2) is 0 Å². The fraction of sp³-hybridized carbons (Fsp3) is 0.667. The van der Waals surface area contributed by atoms with Gasteiger partial charge < -0.3 is 18.8 Å². The van der Waals surface area contributed by atoms with Gasteiger partial charge in [0.05, 0.1) is 19.8 Å². The first-order valence-corrected chi connectivity index (χ1v) is 7.01. The molecular weight excluding hydrogens is 258 g/mol. The van der Waals surface area contributed by atoms with Crippen LogP contribution in [0.3, 0.4) is 0 Å². The highest BCUT2D eigenvalue weighted by Crippen LogP contribution is 2.47. The Morgan fingerprint density at radius 3 is 2.85 bits per heavy atom. The van der Waals surface area contributed by atoms with E-state index < -0.39 is 0 Å². The lowest BCUT2D eigenvalue weighted by Crippen LogP contribution is -2.30. The van der Waals surface area contributed by atoms with Gasteiger partial charge in [0.25, 0.3) is 0 Å². The highest BCUT2D eigenvalue weighted by atomic mass is 16.5. The Morgan fingerprint density at radius 2 is 2.20 bits per heavy atom. The molecule has 1 aliphatic carbocycles. The van der Waals surface area contributed by atoms with E-state index in [-0.39, 0.29) is 12.5 Å². The fourth-order valence-corrected chi connectivity index (χ4v) is 2.13. The largest absolute Gasteiger partial charge is 0.464 e. The van der Waals surface area contributed by atoms with Gasteiger partial charge >= 0.3 is 0 Å². The summed E-state index contributed by atoms with van der Waals surface area (Å²) in [5.41, 5.74) is 0. The maximum absolute atomic E-state index is 11.8. The summed E-state index contributed by atoms with van der Waals surface area (Å²) in [6.45, 7) is 3.71. The van der Waals surface area contributed by atoms with Crippen molar-refractivity contribution in [3.63, 3.8) is 0 Å². The van der Waals surface area contributed by atoms with Crippen molar-refractivity contribution in [3.8, 4) is 0 Å². The van der Waals surface area contributed by atoms with E-state index in [1.54, 1.807) is 19.1 Å². The molecule has 2 atom stereocenters. The van der Waals surface area contributed by atoms with Crippen molar-refractivity contribution in [2.24, 2.45) is 5.92 Å². The number of nitrogens with zero attached hydrogens (tertiary/aromatic N) is 1. The van der Waals surface area contributed by atoms with Crippen LogP contribution in [0.2, 0.25) is 0 Å². The molecule has 0 spiro atoms. The Hall–Kier alpha value is -1.33. The highest BCUT2D eigenvalue weighted by molar-refractivity contribution is 5.77. The quantitative estimate of drug-likeness (QED) is 0.684. The summed E-state index contributed by atoms with van der Waals surface area (Å²) in [4.78, 5) is 13.5. The van der Waals surface area contributed by atoms with Crippen LogP contribution in [0.15, 0.2) is 16.5 Å². The maximum atomic E-state index is 11.8. The number of hydrogen-bond donors (Lipinski definition) is 0. The zero-order valence-corrected chi connectivity index (χ0v) is 12.4. The minimum atomic E-state index is -0.0566. The number of furan rings is 1. The number of carbonyl (C=O) groups is 1. The van der Waals surface area contributed by atoms with Crippen LogP contribution in [0.4, 0.5) is 0 Å². The molecule has 20 heavy (non-hydrogen) atoms. The van der Waals surface area contributed by atoms with Crippen molar-refractivity contribution in [2.75, 3.05) is 34.0 Å². The molecule has 5 nitrogen and oxygen atoms in total. The van der Waals surface area contributed by atoms with Gasteiger partial charge in [0.15, 0.2) is 0 Å². The second-order valence-electron chi connectivity index (χ2n) is 5.42. The smallest absolute Gasteiger partial charge is 0.248 e. The summed E-state index contributed by atoms with van der Waals surface area (Å²) in [5.74, 6) is 3.11. The molecule has 5 heteroatoms. The van der Waals surface area contributed by atoms with Crippen molar-refractivity contribution < 1.29 is 18.7 Å². The Kier molecular flexibility index (Phi) is 5.20. The molecule has 0 saturated heterocycles. The van der Waals surface area contributed by atoms with E-state index in [1.807, 2.05) is 12.1 Å². The van der Waals surface area contributed by atoms with Gasteiger partial charge in [-0.1, -0.05) is 6.92 Å². The number of ether oxygens (including phenoxy) is 2. The molecule has 0 aliphatic heterocycles. The normalized spacial score (nSPS) is 20.9. The third-order valence-corrected chi connectivity index (χ3v) is 3.63. The summed E-state index contributed by atoms with van der Waals surface area (Å²) < 4.78 is 15.9. The molecule has 1 aromatic heterocycles. The predicted octanol–water partition coefficient (Wildman–Crippen LogP) is 2.02. The Morgan fingerprint density at radius 1 is 1.45 bits per heavy atom. The maximum Gasteiger partial charge on any atom is 0.248 e. The number of carbonyl (C=O) groups excluding carboxylic acids is 1. The van der Waals surface area contributed by atoms with Crippen molar-refractivity contribution in [2.45, 2.75) is 25.8 Å². The highest BCUT2D eigenvalue weighted by Gasteiger charge is 2.36. The molecule has 0 radical (unpaired) electrons. The first-order valence-electron chi connectivity index (χ1n) is 7.01. The van der Waals surface area contributed by atoms with Gasteiger partial charge in [-0.2, -0.15) is 0 Å². The van der Waals surface area contributed by atoms with Crippen molar-refractivity contribution in [1.82, 2.24) is 4.90 Å². The van der Waals surface area contributed by atoms with Crippen molar-refractivity contribution in [1.29, 1.82) is 0 Å². The number of likely N-dealkylation sites (N-methyl/N-ethyl adjacent to an activating group) is 1. The van der Waals surface area contributed by atoms with Crippen LogP contribution >= 0.6 is 0 Å². The van der Waals surface area contributed by atoms with Crippen LogP contribution in [0.5, 0.6) is 0 Å². The first-order chi connectivity index (χ1) is 9.61. The summed E-state index contributed by atoms with van der Waals surface area (Å²) in [6, 6.07) is 3.98. The van der Waals surface area contributed by atoms with Gasteiger partial charge in [0.1, 0.15) is 18.1 Å². The van der Waals surface area contributed by atoms with Gasteiger partial charge in [-0.3, -0.25) is 4.79 Å². The average molecular weight is 281 g/mol. The van der Waals surface area contributed by atoms with E-state index in [2.05, 4.69) is 6.92 Å². The lowest BCUT2D eigenvalue weighted by atomic mass is 10.3. The number of amides is 1. The van der Waals surface area contributed by atoms with E-state index in [1.165, 1.54) is 6.42 Å². The monoisotopic (exact) mass is 281 g/mol. The zero-order chi connectivity index (χ0) is 14.5. The molecule has 1 saturated carbocycles. The zero-order valence-electron chi connectivity index (χ0n) is 12.4. The average Bonchev–Trinajstić information content (AvgIpc) is 2.98. The third-order valence-electron chi connectivity index (χ3n) is 3.63. The molecule has 0 bridgehead atoms. The predicted molar refractivity (Wildman–Crippen MR) is 74.4 cm³/mol. The molecule has 1 aromatic rings. The minimum Gasteiger partial charge on any atom is -0.464 e. The van der Waals surface area contributed by atoms with Crippen LogP contribution < -0.4 is 0 Å². The van der Waals surface area contributed by atoms with Gasteiger partial charge in [-0.05, 0) is 24.5 Å². The number of hydrogen-bond acceptors (Lipinski definition) is 4. The lowest BCUT2D eigenvalue weighted by Gasteiger charge is -2.15. The Bertz CT molecular complexity index is 443. The number of rotatable bonds is 8. The SMILES string of the molecule is COCCOCC(=O)N(C)Cc1ccc(C2CC2C)o1. The van der Waals surface area contributed by atoms with Crippen LogP contribution in [0.25, 0.3) is 0 Å². The standard InChI is InChI=1S/C15H23NO4/c1-11-8-13(11)14-5-4-12(20-14)9-16(2)15(17)10-19-7-6-18-3/h4-5,11,13H,6-10H2,1-3H3. The van der Waals surface area contributed by atoms with E-state index in [0.717, 1.165) is 17.4 Å². The minimum absolute atomic E-state index is 0.0566. The second-order valence-corrected chi connectivity index (χ2v) is 5.42. The summed E-state index contributed by atoms with van der Waals surface area (Å²) in [7, 11) is 3.36. The first kappa shape index (κ1) is 15.1.